The van der Waals surface area contributed by atoms with Crippen LogP contribution in [-0.2, 0) is 13.0 Å². The topological polar surface area (TPSA) is 30.5 Å². The molecule has 2 rings (SSSR count). The van der Waals surface area contributed by atoms with Gasteiger partial charge in [0.2, 0.25) is 0 Å². The number of hydrogen-bond acceptors (Lipinski definition) is 3. The molecule has 0 unspecified atom stereocenters. The summed E-state index contributed by atoms with van der Waals surface area (Å²) in [5.41, 5.74) is 2.36. The lowest BCUT2D eigenvalue weighted by Gasteiger charge is -2.14. The van der Waals surface area contributed by atoms with Crippen LogP contribution in [0.15, 0.2) is 42.5 Å². The molecule has 0 heterocycles. The second-order valence-electron chi connectivity index (χ2n) is 4.58. The Balaban J connectivity index is 2.30. The molecule has 0 fully saturated rings. The van der Waals surface area contributed by atoms with Gasteiger partial charge in [-0.2, -0.15) is 0 Å². The summed E-state index contributed by atoms with van der Waals surface area (Å²) in [6.45, 7) is 2.89. The highest BCUT2D eigenvalue weighted by Crippen LogP contribution is 2.33. The molecule has 3 heteroatoms. The molecule has 0 aliphatic heterocycles. The molecule has 0 aliphatic carbocycles. The Morgan fingerprint density at radius 2 is 1.80 bits per heavy atom. The summed E-state index contributed by atoms with van der Waals surface area (Å²) in [6.07, 6.45) is 0.979. The molecule has 1 N–H and O–H groups in total. The molecule has 0 saturated heterocycles. The maximum Gasteiger partial charge on any atom is 0.169 e. The number of hydrogen-bond donors (Lipinski definition) is 1. The third-order valence-electron chi connectivity index (χ3n) is 3.20. The van der Waals surface area contributed by atoms with Gasteiger partial charge in [-0.25, -0.2) is 0 Å². The van der Waals surface area contributed by atoms with Crippen LogP contribution in [0.5, 0.6) is 17.2 Å². The van der Waals surface area contributed by atoms with E-state index in [-0.39, 0.29) is 0 Å². The number of aryl methyl sites for hydroxylation is 1. The highest BCUT2D eigenvalue weighted by molar-refractivity contribution is 5.47. The molecule has 106 valence electrons. The van der Waals surface area contributed by atoms with Crippen molar-refractivity contribution in [3.63, 3.8) is 0 Å². The van der Waals surface area contributed by atoms with E-state index in [0.717, 1.165) is 35.8 Å². The Kier molecular flexibility index (Phi) is 5.02. The van der Waals surface area contributed by atoms with E-state index in [1.807, 2.05) is 37.4 Å². The van der Waals surface area contributed by atoms with E-state index in [4.69, 9.17) is 9.47 Å². The highest BCUT2D eigenvalue weighted by Gasteiger charge is 2.09. The van der Waals surface area contributed by atoms with Crippen molar-refractivity contribution in [3.05, 3.63) is 53.6 Å². The second-order valence-corrected chi connectivity index (χ2v) is 4.58. The van der Waals surface area contributed by atoms with Crippen molar-refractivity contribution in [2.75, 3.05) is 14.2 Å². The zero-order chi connectivity index (χ0) is 14.4. The summed E-state index contributed by atoms with van der Waals surface area (Å²) in [6, 6.07) is 14.1. The van der Waals surface area contributed by atoms with Gasteiger partial charge in [-0.15, -0.1) is 0 Å². The molecule has 0 bridgehead atoms. The number of benzene rings is 2. The maximum atomic E-state index is 6.02. The van der Waals surface area contributed by atoms with Gasteiger partial charge < -0.3 is 14.8 Å². The predicted octanol–water partition coefficient (Wildman–Crippen LogP) is 3.77. The summed E-state index contributed by atoms with van der Waals surface area (Å²) in [5, 5.41) is 3.15. The fourth-order valence-corrected chi connectivity index (χ4v) is 2.07. The van der Waals surface area contributed by atoms with Crippen molar-refractivity contribution in [1.82, 2.24) is 5.32 Å². The molecule has 0 aromatic heterocycles. The minimum absolute atomic E-state index is 0.744. The largest absolute Gasteiger partial charge is 0.493 e. The molecular formula is C17H21NO2. The molecule has 2 aromatic carbocycles. The first kappa shape index (κ1) is 14.4. The lowest BCUT2D eigenvalue weighted by molar-refractivity contribution is 0.377. The van der Waals surface area contributed by atoms with E-state index in [2.05, 4.69) is 24.4 Å². The highest BCUT2D eigenvalue weighted by atomic mass is 16.5. The van der Waals surface area contributed by atoms with Crippen LogP contribution in [0.4, 0.5) is 0 Å². The Morgan fingerprint density at radius 3 is 2.50 bits per heavy atom. The zero-order valence-corrected chi connectivity index (χ0v) is 12.3. The van der Waals surface area contributed by atoms with Crippen LogP contribution in [0.2, 0.25) is 0 Å². The molecule has 0 spiro atoms. The average Bonchev–Trinajstić information content (AvgIpc) is 2.50. The first-order valence-electron chi connectivity index (χ1n) is 6.85. The van der Waals surface area contributed by atoms with Crippen molar-refractivity contribution in [1.29, 1.82) is 0 Å². The van der Waals surface area contributed by atoms with Crippen LogP contribution < -0.4 is 14.8 Å². The number of methoxy groups -OCH3 is 1. The Hall–Kier alpha value is -2.00. The zero-order valence-electron chi connectivity index (χ0n) is 12.3. The van der Waals surface area contributed by atoms with Crippen LogP contribution in [0.3, 0.4) is 0 Å². The van der Waals surface area contributed by atoms with Crippen LogP contribution in [0.1, 0.15) is 18.1 Å². The lowest BCUT2D eigenvalue weighted by atomic mass is 10.1. The minimum Gasteiger partial charge on any atom is -0.493 e. The van der Waals surface area contributed by atoms with E-state index in [1.165, 1.54) is 5.56 Å². The van der Waals surface area contributed by atoms with E-state index in [1.54, 1.807) is 7.11 Å². The van der Waals surface area contributed by atoms with Gasteiger partial charge in [0.15, 0.2) is 11.5 Å². The van der Waals surface area contributed by atoms with Crippen LogP contribution in [0, 0.1) is 0 Å². The molecule has 0 atom stereocenters. The smallest absolute Gasteiger partial charge is 0.169 e. The van der Waals surface area contributed by atoms with Crippen molar-refractivity contribution >= 4 is 0 Å². The fraction of sp³-hybridized carbons (Fsp3) is 0.294. The Bertz CT molecular complexity index is 567. The first-order valence-corrected chi connectivity index (χ1v) is 6.85. The molecule has 0 saturated carbocycles. The fourth-order valence-electron chi connectivity index (χ4n) is 2.07. The summed E-state index contributed by atoms with van der Waals surface area (Å²) in [4.78, 5) is 0. The number of ether oxygens (including phenoxy) is 2. The molecular weight excluding hydrogens is 250 g/mol. The minimum atomic E-state index is 0.744. The normalized spacial score (nSPS) is 10.3. The van der Waals surface area contributed by atoms with Gasteiger partial charge >= 0.3 is 0 Å². The van der Waals surface area contributed by atoms with Gasteiger partial charge in [-0.1, -0.05) is 31.2 Å². The van der Waals surface area contributed by atoms with E-state index in [9.17, 15) is 0 Å². The number of para-hydroxylation sites is 1. The number of nitrogens with one attached hydrogen (secondary N) is 1. The molecule has 0 amide bonds. The van der Waals surface area contributed by atoms with Crippen molar-refractivity contribution in [3.8, 4) is 17.2 Å². The van der Waals surface area contributed by atoms with Gasteiger partial charge in [0.1, 0.15) is 5.75 Å². The lowest BCUT2D eigenvalue weighted by Crippen LogP contribution is -2.06. The van der Waals surface area contributed by atoms with Gasteiger partial charge in [0.25, 0.3) is 0 Å². The van der Waals surface area contributed by atoms with E-state index >= 15 is 0 Å². The summed E-state index contributed by atoms with van der Waals surface area (Å²) in [7, 11) is 3.59. The van der Waals surface area contributed by atoms with Gasteiger partial charge in [-0.3, -0.25) is 0 Å². The molecule has 2 aromatic rings. The average molecular weight is 271 g/mol. The van der Waals surface area contributed by atoms with Crippen molar-refractivity contribution in [2.24, 2.45) is 0 Å². The summed E-state index contributed by atoms with van der Waals surface area (Å²) >= 11 is 0. The third kappa shape index (κ3) is 3.31. The maximum absolute atomic E-state index is 6.02. The SMILES string of the molecule is CCc1ccc(Oc2ccccc2CNC)c(OC)c1. The van der Waals surface area contributed by atoms with Crippen LogP contribution >= 0.6 is 0 Å². The van der Waals surface area contributed by atoms with Gasteiger partial charge in [0.05, 0.1) is 7.11 Å². The molecule has 0 aliphatic rings. The predicted molar refractivity (Wildman–Crippen MR) is 81.7 cm³/mol. The second kappa shape index (κ2) is 6.96. The van der Waals surface area contributed by atoms with Crippen molar-refractivity contribution in [2.45, 2.75) is 19.9 Å². The number of rotatable bonds is 6. The van der Waals surface area contributed by atoms with Gasteiger partial charge in [0, 0.05) is 12.1 Å². The Labute approximate surface area is 120 Å². The quantitative estimate of drug-likeness (QED) is 0.867. The Morgan fingerprint density at radius 1 is 1.00 bits per heavy atom. The van der Waals surface area contributed by atoms with Gasteiger partial charge in [-0.05, 0) is 37.2 Å². The molecule has 20 heavy (non-hydrogen) atoms. The summed E-state index contributed by atoms with van der Waals surface area (Å²) in [5.74, 6) is 2.36. The standard InChI is InChI=1S/C17H21NO2/c1-4-13-9-10-16(17(11-13)19-3)20-15-8-6-5-7-14(15)12-18-2/h5-11,18H,4,12H2,1-3H3. The summed E-state index contributed by atoms with van der Waals surface area (Å²) < 4.78 is 11.4. The van der Waals surface area contributed by atoms with Crippen LogP contribution in [-0.4, -0.2) is 14.2 Å². The van der Waals surface area contributed by atoms with E-state index < -0.39 is 0 Å². The monoisotopic (exact) mass is 271 g/mol. The van der Waals surface area contributed by atoms with E-state index in [0.29, 0.717) is 0 Å². The van der Waals surface area contributed by atoms with Crippen molar-refractivity contribution < 1.29 is 9.47 Å². The first-order chi connectivity index (χ1) is 9.78. The third-order valence-corrected chi connectivity index (χ3v) is 3.20. The molecule has 3 nitrogen and oxygen atoms in total. The van der Waals surface area contributed by atoms with Crippen LogP contribution in [0.25, 0.3) is 0 Å². The molecule has 0 radical (unpaired) electrons.